The first-order chi connectivity index (χ1) is 14.4. The molecular formula is C22H24FN3O4. The van der Waals surface area contributed by atoms with Crippen LogP contribution in [0.3, 0.4) is 0 Å². The summed E-state index contributed by atoms with van der Waals surface area (Å²) in [4.78, 5) is 38.8. The van der Waals surface area contributed by atoms with Gasteiger partial charge in [0.25, 0.3) is 5.91 Å². The summed E-state index contributed by atoms with van der Waals surface area (Å²) in [5, 5.41) is 5.44. The Morgan fingerprint density at radius 2 is 1.80 bits per heavy atom. The number of ether oxygens (including phenoxy) is 1. The molecule has 30 heavy (non-hydrogen) atoms. The molecule has 1 unspecified atom stereocenters. The molecule has 1 aliphatic heterocycles. The van der Waals surface area contributed by atoms with Crippen LogP contribution < -0.4 is 15.4 Å². The van der Waals surface area contributed by atoms with Gasteiger partial charge in [-0.05, 0) is 48.2 Å². The molecule has 0 bridgehead atoms. The van der Waals surface area contributed by atoms with E-state index in [0.717, 1.165) is 10.5 Å². The largest absolute Gasteiger partial charge is 0.497 e. The lowest BCUT2D eigenvalue weighted by molar-refractivity contribution is -0.135. The molecule has 1 atom stereocenters. The van der Waals surface area contributed by atoms with Crippen LogP contribution in [-0.2, 0) is 21.5 Å². The summed E-state index contributed by atoms with van der Waals surface area (Å²) in [5.41, 5.74) is 0.289. The third kappa shape index (κ3) is 4.27. The van der Waals surface area contributed by atoms with Gasteiger partial charge in [-0.15, -0.1) is 0 Å². The second-order valence-corrected chi connectivity index (χ2v) is 7.04. The molecule has 2 aromatic rings. The maximum atomic E-state index is 13.1. The van der Waals surface area contributed by atoms with Crippen molar-refractivity contribution in [3.63, 3.8) is 0 Å². The van der Waals surface area contributed by atoms with Crippen LogP contribution in [0.4, 0.5) is 9.18 Å². The van der Waals surface area contributed by atoms with Crippen molar-refractivity contribution in [2.75, 3.05) is 20.2 Å². The molecule has 1 aliphatic rings. The van der Waals surface area contributed by atoms with Gasteiger partial charge >= 0.3 is 6.03 Å². The third-order valence-electron chi connectivity index (χ3n) is 5.24. The van der Waals surface area contributed by atoms with E-state index in [9.17, 15) is 18.8 Å². The van der Waals surface area contributed by atoms with Gasteiger partial charge in [-0.1, -0.05) is 31.2 Å². The van der Waals surface area contributed by atoms with E-state index in [1.54, 1.807) is 50.4 Å². The Bertz CT molecular complexity index is 930. The monoisotopic (exact) mass is 413 g/mol. The fourth-order valence-corrected chi connectivity index (χ4v) is 3.48. The van der Waals surface area contributed by atoms with Crippen molar-refractivity contribution in [2.45, 2.75) is 25.3 Å². The molecule has 7 nitrogen and oxygen atoms in total. The molecule has 2 aromatic carbocycles. The van der Waals surface area contributed by atoms with Crippen LogP contribution in [0.2, 0.25) is 0 Å². The number of hydrogen-bond acceptors (Lipinski definition) is 4. The van der Waals surface area contributed by atoms with E-state index in [1.807, 2.05) is 0 Å². The van der Waals surface area contributed by atoms with Crippen LogP contribution in [0, 0.1) is 5.82 Å². The van der Waals surface area contributed by atoms with E-state index in [0.29, 0.717) is 30.7 Å². The number of urea groups is 1. The second kappa shape index (κ2) is 8.94. The minimum atomic E-state index is -1.21. The van der Waals surface area contributed by atoms with Crippen molar-refractivity contribution in [2.24, 2.45) is 0 Å². The van der Waals surface area contributed by atoms with Gasteiger partial charge in [-0.3, -0.25) is 14.5 Å². The van der Waals surface area contributed by atoms with Gasteiger partial charge in [0, 0.05) is 6.54 Å². The van der Waals surface area contributed by atoms with Crippen molar-refractivity contribution >= 4 is 17.8 Å². The van der Waals surface area contributed by atoms with Crippen LogP contribution in [-0.4, -0.2) is 42.9 Å². The predicted octanol–water partition coefficient (Wildman–Crippen LogP) is 2.35. The molecule has 8 heteroatoms. The van der Waals surface area contributed by atoms with Crippen LogP contribution >= 0.6 is 0 Å². The first-order valence-corrected chi connectivity index (χ1v) is 9.69. The number of hydrogen-bond donors (Lipinski definition) is 2. The number of nitrogens with zero attached hydrogens (tertiary/aromatic N) is 1. The quantitative estimate of drug-likeness (QED) is 0.651. The van der Waals surface area contributed by atoms with Crippen molar-refractivity contribution < 1.29 is 23.5 Å². The topological polar surface area (TPSA) is 87.7 Å². The molecule has 1 heterocycles. The van der Waals surface area contributed by atoms with Crippen molar-refractivity contribution in [1.82, 2.24) is 15.5 Å². The molecule has 4 amide bonds. The highest BCUT2D eigenvalue weighted by Crippen LogP contribution is 2.33. The first-order valence-electron chi connectivity index (χ1n) is 9.69. The smallest absolute Gasteiger partial charge is 0.325 e. The predicted molar refractivity (Wildman–Crippen MR) is 108 cm³/mol. The zero-order valence-electron chi connectivity index (χ0n) is 16.9. The standard InChI is InChI=1S/C22H24FN3O4/c1-3-22(16-6-10-18(30-2)11-7-16)20(28)26(21(29)25-22)14-19(27)24-13-12-15-4-8-17(23)9-5-15/h4-11H,3,12-14H2,1-2H3,(H,24,27)(H,25,29). The van der Waals surface area contributed by atoms with Crippen molar-refractivity contribution in [1.29, 1.82) is 0 Å². The SMILES string of the molecule is CCC1(c2ccc(OC)cc2)NC(=O)N(CC(=O)NCCc2ccc(F)cc2)C1=O. The minimum absolute atomic E-state index is 0.311. The van der Waals surface area contributed by atoms with Crippen molar-refractivity contribution in [3.05, 3.63) is 65.5 Å². The Morgan fingerprint density at radius 1 is 1.13 bits per heavy atom. The number of carbonyl (C=O) groups excluding carboxylic acids is 3. The molecule has 0 saturated carbocycles. The van der Waals surface area contributed by atoms with Gasteiger partial charge in [0.05, 0.1) is 7.11 Å². The first kappa shape index (κ1) is 21.3. The van der Waals surface area contributed by atoms with Gasteiger partial charge < -0.3 is 15.4 Å². The van der Waals surface area contributed by atoms with Gasteiger partial charge in [0.2, 0.25) is 5.91 Å². The molecule has 0 spiro atoms. The van der Waals surface area contributed by atoms with Crippen LogP contribution in [0.25, 0.3) is 0 Å². The second-order valence-electron chi connectivity index (χ2n) is 7.04. The highest BCUT2D eigenvalue weighted by molar-refractivity contribution is 6.09. The number of imide groups is 1. The maximum absolute atomic E-state index is 13.1. The minimum Gasteiger partial charge on any atom is -0.497 e. The number of amides is 4. The third-order valence-corrected chi connectivity index (χ3v) is 5.24. The summed E-state index contributed by atoms with van der Waals surface area (Å²) in [6.45, 7) is 1.74. The van der Waals surface area contributed by atoms with Crippen LogP contribution in [0.1, 0.15) is 24.5 Å². The summed E-state index contributed by atoms with van der Waals surface area (Å²) < 4.78 is 18.1. The molecule has 0 aromatic heterocycles. The van der Waals surface area contributed by atoms with Gasteiger partial charge in [0.15, 0.2) is 0 Å². The Hall–Kier alpha value is -3.42. The number of carbonyl (C=O) groups is 3. The molecule has 0 aliphatic carbocycles. The van der Waals surface area contributed by atoms with Crippen molar-refractivity contribution in [3.8, 4) is 5.75 Å². The Kier molecular flexibility index (Phi) is 6.34. The van der Waals surface area contributed by atoms with E-state index in [2.05, 4.69) is 10.6 Å². The lowest BCUT2D eigenvalue weighted by atomic mass is 9.87. The van der Waals surface area contributed by atoms with Gasteiger partial charge in [-0.2, -0.15) is 0 Å². The number of rotatable bonds is 8. The fraction of sp³-hybridized carbons (Fsp3) is 0.318. The Labute approximate surface area is 174 Å². The summed E-state index contributed by atoms with van der Waals surface area (Å²) in [7, 11) is 1.55. The molecule has 0 radical (unpaired) electrons. The number of halogens is 1. The highest BCUT2D eigenvalue weighted by Gasteiger charge is 2.51. The molecule has 2 N–H and O–H groups in total. The van der Waals surface area contributed by atoms with E-state index in [1.165, 1.54) is 12.1 Å². The molecule has 3 rings (SSSR count). The number of nitrogens with one attached hydrogen (secondary N) is 2. The zero-order valence-corrected chi connectivity index (χ0v) is 16.9. The summed E-state index contributed by atoms with van der Waals surface area (Å²) in [6, 6.07) is 12.3. The normalized spacial score (nSPS) is 18.3. The summed E-state index contributed by atoms with van der Waals surface area (Å²) >= 11 is 0. The molecule has 1 fully saturated rings. The van der Waals surface area contributed by atoms with E-state index in [4.69, 9.17) is 4.74 Å². The van der Waals surface area contributed by atoms with E-state index < -0.39 is 23.4 Å². The summed E-state index contributed by atoms with van der Waals surface area (Å²) in [5.74, 6) is -0.590. The lowest BCUT2D eigenvalue weighted by Crippen LogP contribution is -2.45. The Morgan fingerprint density at radius 3 is 2.40 bits per heavy atom. The van der Waals surface area contributed by atoms with Crippen LogP contribution in [0.15, 0.2) is 48.5 Å². The van der Waals surface area contributed by atoms with Crippen LogP contribution in [0.5, 0.6) is 5.75 Å². The molecule has 1 saturated heterocycles. The Balaban J connectivity index is 1.63. The van der Waals surface area contributed by atoms with E-state index >= 15 is 0 Å². The fourth-order valence-electron chi connectivity index (χ4n) is 3.48. The average molecular weight is 413 g/mol. The number of benzene rings is 2. The number of methoxy groups -OCH3 is 1. The maximum Gasteiger partial charge on any atom is 0.325 e. The van der Waals surface area contributed by atoms with E-state index in [-0.39, 0.29) is 12.4 Å². The van der Waals surface area contributed by atoms with Gasteiger partial charge in [-0.25, -0.2) is 9.18 Å². The molecular weight excluding hydrogens is 389 g/mol. The zero-order chi connectivity index (χ0) is 21.7. The lowest BCUT2D eigenvalue weighted by Gasteiger charge is -2.26. The molecule has 158 valence electrons. The average Bonchev–Trinajstić information content (AvgIpc) is 3.00. The van der Waals surface area contributed by atoms with Gasteiger partial charge in [0.1, 0.15) is 23.7 Å². The highest BCUT2D eigenvalue weighted by atomic mass is 19.1. The summed E-state index contributed by atoms with van der Waals surface area (Å²) in [6.07, 6.45) is 0.851.